The zero-order valence-corrected chi connectivity index (χ0v) is 16.2. The van der Waals surface area contributed by atoms with Crippen LogP contribution >= 0.6 is 11.3 Å². The summed E-state index contributed by atoms with van der Waals surface area (Å²) in [7, 11) is 0. The molecule has 0 saturated heterocycles. The number of nitrogens with zero attached hydrogens (tertiary/aromatic N) is 2. The summed E-state index contributed by atoms with van der Waals surface area (Å²) < 4.78 is 25.9. The van der Waals surface area contributed by atoms with Crippen molar-refractivity contribution >= 4 is 28.2 Å². The van der Waals surface area contributed by atoms with Crippen molar-refractivity contribution in [2.24, 2.45) is 0 Å². The summed E-state index contributed by atoms with van der Waals surface area (Å²) >= 11 is 1.56. The van der Waals surface area contributed by atoms with Crippen molar-refractivity contribution in [1.82, 2.24) is 9.38 Å². The molecule has 0 unspecified atom stereocenters. The van der Waals surface area contributed by atoms with Crippen molar-refractivity contribution in [2.45, 2.75) is 6.92 Å². The van der Waals surface area contributed by atoms with E-state index in [2.05, 4.69) is 0 Å². The number of allylic oxidation sites excluding steroid dienone is 1. The highest BCUT2D eigenvalue weighted by Crippen LogP contribution is 2.33. The minimum atomic E-state index is -0.305. The molecule has 0 aliphatic carbocycles. The van der Waals surface area contributed by atoms with E-state index in [-0.39, 0.29) is 18.4 Å². The Morgan fingerprint density at radius 2 is 1.97 bits per heavy atom. The molecule has 1 aliphatic rings. The van der Waals surface area contributed by atoms with E-state index in [0.29, 0.717) is 22.8 Å². The molecular formula is C22H15FN2O3S. The SMILES string of the molecule is Cc1cn2c(/C=C/C(=O)c3ccc4c(c3)OCO4)c(-c3ccc(F)cc3)nc2s1. The summed E-state index contributed by atoms with van der Waals surface area (Å²) in [5.74, 6) is 0.739. The largest absolute Gasteiger partial charge is 0.454 e. The maximum atomic E-state index is 13.3. The number of aromatic nitrogens is 2. The van der Waals surface area contributed by atoms with Crippen molar-refractivity contribution in [3.05, 3.63) is 76.7 Å². The van der Waals surface area contributed by atoms with E-state index in [1.165, 1.54) is 18.2 Å². The van der Waals surface area contributed by atoms with Gasteiger partial charge in [-0.25, -0.2) is 9.37 Å². The maximum absolute atomic E-state index is 13.3. The molecule has 3 heterocycles. The summed E-state index contributed by atoms with van der Waals surface area (Å²) in [6.07, 6.45) is 5.24. The average Bonchev–Trinajstić information content (AvgIpc) is 3.40. The van der Waals surface area contributed by atoms with Gasteiger partial charge in [-0.15, -0.1) is 11.3 Å². The van der Waals surface area contributed by atoms with Crippen LogP contribution in [0, 0.1) is 12.7 Å². The predicted molar refractivity (Wildman–Crippen MR) is 109 cm³/mol. The number of rotatable bonds is 4. The van der Waals surface area contributed by atoms with E-state index in [9.17, 15) is 9.18 Å². The summed E-state index contributed by atoms with van der Waals surface area (Å²) in [5, 5.41) is 0. The maximum Gasteiger partial charge on any atom is 0.231 e. The lowest BCUT2D eigenvalue weighted by atomic mass is 10.1. The van der Waals surface area contributed by atoms with Crippen LogP contribution in [0.4, 0.5) is 4.39 Å². The zero-order valence-electron chi connectivity index (χ0n) is 15.4. The Morgan fingerprint density at radius 1 is 1.17 bits per heavy atom. The molecule has 7 heteroatoms. The van der Waals surface area contributed by atoms with Gasteiger partial charge in [0.1, 0.15) is 5.82 Å². The number of fused-ring (bicyclic) bond motifs is 2. The molecule has 2 aromatic carbocycles. The van der Waals surface area contributed by atoms with Crippen molar-refractivity contribution in [1.29, 1.82) is 0 Å². The molecule has 0 saturated carbocycles. The fraction of sp³-hybridized carbons (Fsp3) is 0.0909. The Labute approximate surface area is 169 Å². The van der Waals surface area contributed by atoms with Crippen LogP contribution < -0.4 is 9.47 Å². The molecule has 0 amide bonds. The zero-order chi connectivity index (χ0) is 20.0. The first-order valence-electron chi connectivity index (χ1n) is 8.95. The van der Waals surface area contributed by atoms with Crippen LogP contribution in [0.2, 0.25) is 0 Å². The lowest BCUT2D eigenvalue weighted by Crippen LogP contribution is -1.95. The topological polar surface area (TPSA) is 52.8 Å². The molecule has 0 spiro atoms. The Morgan fingerprint density at radius 3 is 2.79 bits per heavy atom. The monoisotopic (exact) mass is 406 g/mol. The Kier molecular flexibility index (Phi) is 4.17. The number of hydrogen-bond donors (Lipinski definition) is 0. The van der Waals surface area contributed by atoms with E-state index in [0.717, 1.165) is 21.1 Å². The number of aryl methyl sites for hydroxylation is 1. The van der Waals surface area contributed by atoms with Crippen LogP contribution in [0.3, 0.4) is 0 Å². The number of hydrogen-bond acceptors (Lipinski definition) is 5. The number of thiazole rings is 1. The smallest absolute Gasteiger partial charge is 0.231 e. The predicted octanol–water partition coefficient (Wildman–Crippen LogP) is 5.14. The Bertz CT molecular complexity index is 1270. The second-order valence-corrected chi connectivity index (χ2v) is 7.83. The van der Waals surface area contributed by atoms with Crippen LogP contribution in [0.1, 0.15) is 20.9 Å². The summed E-state index contributed by atoms with van der Waals surface area (Å²) in [4.78, 5) is 19.3. The van der Waals surface area contributed by atoms with Crippen molar-refractivity contribution in [3.8, 4) is 22.8 Å². The molecular weight excluding hydrogens is 391 g/mol. The van der Waals surface area contributed by atoms with Gasteiger partial charge in [0.25, 0.3) is 0 Å². The van der Waals surface area contributed by atoms with Crippen LogP contribution in [-0.4, -0.2) is 22.0 Å². The van der Waals surface area contributed by atoms with Gasteiger partial charge >= 0.3 is 0 Å². The highest BCUT2D eigenvalue weighted by atomic mass is 32.1. The first-order chi connectivity index (χ1) is 14.1. The molecule has 0 radical (unpaired) electrons. The quantitative estimate of drug-likeness (QED) is 0.348. The molecule has 2 aromatic heterocycles. The van der Waals surface area contributed by atoms with Crippen LogP contribution in [0.25, 0.3) is 22.3 Å². The third-order valence-electron chi connectivity index (χ3n) is 4.65. The summed E-state index contributed by atoms with van der Waals surface area (Å²) in [6, 6.07) is 11.3. The first kappa shape index (κ1) is 17.6. The fourth-order valence-electron chi connectivity index (χ4n) is 3.25. The van der Waals surface area contributed by atoms with Crippen LogP contribution in [0.5, 0.6) is 11.5 Å². The van der Waals surface area contributed by atoms with Crippen molar-refractivity contribution < 1.29 is 18.7 Å². The molecule has 5 nitrogen and oxygen atoms in total. The Balaban J connectivity index is 1.54. The van der Waals surface area contributed by atoms with E-state index < -0.39 is 0 Å². The van der Waals surface area contributed by atoms with Gasteiger partial charge in [0.15, 0.2) is 22.2 Å². The first-order valence-corrected chi connectivity index (χ1v) is 9.76. The molecule has 0 atom stereocenters. The molecule has 0 fully saturated rings. The van der Waals surface area contributed by atoms with Gasteiger partial charge in [0.05, 0.1) is 11.4 Å². The number of halogens is 1. The normalized spacial score (nSPS) is 12.9. The molecule has 144 valence electrons. The molecule has 0 bridgehead atoms. The highest BCUT2D eigenvalue weighted by molar-refractivity contribution is 7.17. The molecule has 1 aliphatic heterocycles. The van der Waals surface area contributed by atoms with E-state index >= 15 is 0 Å². The van der Waals surface area contributed by atoms with Gasteiger partial charge in [0.2, 0.25) is 6.79 Å². The van der Waals surface area contributed by atoms with Crippen LogP contribution in [0.15, 0.2) is 54.7 Å². The van der Waals surface area contributed by atoms with Gasteiger partial charge in [-0.05, 0) is 61.5 Å². The van der Waals surface area contributed by atoms with E-state index in [1.54, 1.807) is 47.7 Å². The molecule has 0 N–H and O–H groups in total. The third-order valence-corrected chi connectivity index (χ3v) is 5.54. The number of carbonyl (C=O) groups is 1. The summed E-state index contributed by atoms with van der Waals surface area (Å²) in [6.45, 7) is 2.16. The number of carbonyl (C=O) groups excluding carboxylic acids is 1. The number of imidazole rings is 1. The highest BCUT2D eigenvalue weighted by Gasteiger charge is 2.17. The second kappa shape index (κ2) is 6.86. The molecule has 4 aromatic rings. The average molecular weight is 406 g/mol. The number of ether oxygens (including phenoxy) is 2. The van der Waals surface area contributed by atoms with Crippen molar-refractivity contribution in [3.63, 3.8) is 0 Å². The Hall–Kier alpha value is -3.45. The van der Waals surface area contributed by atoms with Gasteiger partial charge in [0, 0.05) is 22.2 Å². The minimum absolute atomic E-state index is 0.157. The van der Waals surface area contributed by atoms with Crippen molar-refractivity contribution in [2.75, 3.05) is 6.79 Å². The lowest BCUT2D eigenvalue weighted by Gasteiger charge is -2.01. The van der Waals surface area contributed by atoms with Gasteiger partial charge < -0.3 is 9.47 Å². The van der Waals surface area contributed by atoms with Gasteiger partial charge in [-0.1, -0.05) is 0 Å². The van der Waals surface area contributed by atoms with E-state index in [4.69, 9.17) is 14.5 Å². The number of ketones is 1. The second-order valence-electron chi connectivity index (χ2n) is 6.61. The molecule has 29 heavy (non-hydrogen) atoms. The lowest BCUT2D eigenvalue weighted by molar-refractivity contribution is 0.104. The van der Waals surface area contributed by atoms with Crippen LogP contribution in [-0.2, 0) is 0 Å². The fourth-order valence-corrected chi connectivity index (χ4v) is 4.09. The minimum Gasteiger partial charge on any atom is -0.454 e. The summed E-state index contributed by atoms with van der Waals surface area (Å²) in [5.41, 5.74) is 2.77. The standard InChI is InChI=1S/C22H15FN2O3S/c1-13-11-25-17(21(24-22(25)29-13)14-2-5-16(23)6-3-14)7-8-18(26)15-4-9-19-20(10-15)28-12-27-19/h2-11H,12H2,1H3/b8-7+. The third kappa shape index (κ3) is 3.19. The van der Waals surface area contributed by atoms with Gasteiger partial charge in [-0.2, -0.15) is 0 Å². The van der Waals surface area contributed by atoms with Gasteiger partial charge in [-0.3, -0.25) is 9.20 Å². The molecule has 5 rings (SSSR count). The van der Waals surface area contributed by atoms with E-state index in [1.807, 2.05) is 17.5 Å². The number of benzene rings is 2.